The van der Waals surface area contributed by atoms with Crippen molar-refractivity contribution in [2.75, 3.05) is 24.7 Å². The molecule has 2 fully saturated rings. The molecule has 4 heterocycles. The third-order valence-corrected chi connectivity index (χ3v) is 7.30. The molecule has 3 aromatic heterocycles. The summed E-state index contributed by atoms with van der Waals surface area (Å²) >= 11 is 6.28. The molecule has 10 nitrogen and oxygen atoms in total. The number of pyridine rings is 1. The third-order valence-electron chi connectivity index (χ3n) is 7.10. The minimum Gasteiger partial charge on any atom is -0.377 e. The number of amides is 1. The molecule has 1 saturated heterocycles. The summed E-state index contributed by atoms with van der Waals surface area (Å²) in [6, 6.07) is 1.94. The van der Waals surface area contributed by atoms with Crippen LogP contribution in [0.3, 0.4) is 0 Å². The number of halogens is 1. The predicted molar refractivity (Wildman–Crippen MR) is 134 cm³/mol. The van der Waals surface area contributed by atoms with Crippen LogP contribution in [-0.4, -0.2) is 56.2 Å². The van der Waals surface area contributed by atoms with E-state index in [1.54, 1.807) is 18.5 Å². The minimum absolute atomic E-state index is 0.0484. The van der Waals surface area contributed by atoms with E-state index >= 15 is 0 Å². The fourth-order valence-electron chi connectivity index (χ4n) is 5.12. The Labute approximate surface area is 209 Å². The smallest absolute Gasteiger partial charge is 0.303 e. The maximum absolute atomic E-state index is 12.4. The summed E-state index contributed by atoms with van der Waals surface area (Å²) in [5.41, 5.74) is 4.61. The Morgan fingerprint density at radius 2 is 2.00 bits per heavy atom. The number of nitrogens with one attached hydrogen (secondary N) is 1. The van der Waals surface area contributed by atoms with Crippen molar-refractivity contribution in [3.8, 4) is 11.3 Å². The van der Waals surface area contributed by atoms with E-state index in [4.69, 9.17) is 27.2 Å². The van der Waals surface area contributed by atoms with Gasteiger partial charge in [0.25, 0.3) is 0 Å². The summed E-state index contributed by atoms with van der Waals surface area (Å²) in [5.74, 6) is 6.88. The molecular weight excluding hydrogens is 468 g/mol. The van der Waals surface area contributed by atoms with Crippen molar-refractivity contribution in [3.05, 3.63) is 29.3 Å². The number of nitrogens with two attached hydrogens (primary N) is 1. The van der Waals surface area contributed by atoms with Crippen LogP contribution in [0.4, 0.5) is 5.95 Å². The number of nitrogens with zero attached hydrogens (tertiary/aromatic N) is 6. The molecule has 35 heavy (non-hydrogen) atoms. The molecule has 1 aliphatic heterocycles. The van der Waals surface area contributed by atoms with Gasteiger partial charge in [-0.2, -0.15) is 4.98 Å². The first kappa shape index (κ1) is 23.9. The Morgan fingerprint density at radius 1 is 1.20 bits per heavy atom. The quantitative estimate of drug-likeness (QED) is 0.312. The zero-order valence-electron chi connectivity index (χ0n) is 20.1. The van der Waals surface area contributed by atoms with E-state index in [1.807, 2.05) is 0 Å². The van der Waals surface area contributed by atoms with Gasteiger partial charge in [-0.3, -0.25) is 15.2 Å². The fourth-order valence-corrected chi connectivity index (χ4v) is 5.29. The average Bonchev–Trinajstić information content (AvgIpc) is 3.22. The normalized spacial score (nSPS) is 23.0. The molecule has 1 atom stereocenters. The number of nitrogen functional groups attached to an aromatic ring is 1. The number of aromatic nitrogens is 5. The molecule has 1 aliphatic carbocycles. The molecule has 1 amide bonds. The summed E-state index contributed by atoms with van der Waals surface area (Å²) in [6.45, 7) is 7.24. The Bertz CT molecular complexity index is 1220. The van der Waals surface area contributed by atoms with Crippen molar-refractivity contribution < 1.29 is 9.53 Å². The van der Waals surface area contributed by atoms with E-state index < -0.39 is 5.91 Å². The monoisotopic (exact) mass is 498 g/mol. The van der Waals surface area contributed by atoms with E-state index in [0.29, 0.717) is 41.1 Å². The van der Waals surface area contributed by atoms with Crippen molar-refractivity contribution in [1.29, 1.82) is 0 Å². The number of hydrogen-bond acceptors (Lipinski definition) is 8. The molecule has 1 saturated carbocycles. The average molecular weight is 499 g/mol. The molecule has 186 valence electrons. The van der Waals surface area contributed by atoms with Crippen LogP contribution in [0, 0.1) is 11.8 Å². The van der Waals surface area contributed by atoms with Crippen LogP contribution < -0.4 is 16.2 Å². The van der Waals surface area contributed by atoms with Gasteiger partial charge in [-0.25, -0.2) is 15.8 Å². The van der Waals surface area contributed by atoms with Gasteiger partial charge in [-0.05, 0) is 37.7 Å². The van der Waals surface area contributed by atoms with Gasteiger partial charge >= 0.3 is 5.91 Å². The maximum atomic E-state index is 12.4. The number of ether oxygens (including phenoxy) is 1. The highest BCUT2D eigenvalue weighted by molar-refractivity contribution is 6.30. The van der Waals surface area contributed by atoms with Crippen molar-refractivity contribution >= 4 is 34.6 Å². The van der Waals surface area contributed by atoms with E-state index in [9.17, 15) is 4.79 Å². The Balaban J connectivity index is 1.72. The molecular formula is C24H31ClN8O2. The highest BCUT2D eigenvalue weighted by Crippen LogP contribution is 2.36. The van der Waals surface area contributed by atoms with Crippen molar-refractivity contribution in [3.63, 3.8) is 0 Å². The van der Waals surface area contributed by atoms with Gasteiger partial charge in [0.05, 0.1) is 24.3 Å². The standard InChI is InChI=1S/C24H31ClN8O2/c1-14-3-5-16(6-4-14)12-33-20-19(17-9-18(25)11-27-10-17)28-22(23(34)31-26)29-21(20)30-24(33)32-7-8-35-13-15(32)2/h9-11,14-16H,3-8,12-13,26H2,1-2H3,(H,31,34)/t14?,15-,16?/m1/s1. The van der Waals surface area contributed by atoms with Gasteiger partial charge in [0.1, 0.15) is 11.2 Å². The molecule has 0 aromatic carbocycles. The van der Waals surface area contributed by atoms with Crippen LogP contribution in [0.25, 0.3) is 22.4 Å². The second-order valence-corrected chi connectivity index (χ2v) is 10.1. The fraction of sp³-hybridized carbons (Fsp3) is 0.542. The molecule has 0 unspecified atom stereocenters. The van der Waals surface area contributed by atoms with Gasteiger partial charge in [0.2, 0.25) is 11.8 Å². The second-order valence-electron chi connectivity index (χ2n) is 9.70. The van der Waals surface area contributed by atoms with Crippen LogP contribution in [0.5, 0.6) is 0 Å². The number of fused-ring (bicyclic) bond motifs is 1. The lowest BCUT2D eigenvalue weighted by atomic mass is 9.83. The highest BCUT2D eigenvalue weighted by Gasteiger charge is 2.30. The molecule has 0 bridgehead atoms. The summed E-state index contributed by atoms with van der Waals surface area (Å²) in [4.78, 5) is 33.0. The van der Waals surface area contributed by atoms with Crippen LogP contribution >= 0.6 is 11.6 Å². The predicted octanol–water partition coefficient (Wildman–Crippen LogP) is 3.20. The van der Waals surface area contributed by atoms with E-state index in [2.05, 4.69) is 43.7 Å². The largest absolute Gasteiger partial charge is 0.377 e. The van der Waals surface area contributed by atoms with E-state index in [-0.39, 0.29) is 11.9 Å². The number of hydrogen-bond donors (Lipinski definition) is 2. The SMILES string of the molecule is CC1CCC(Cn2c(N3CCOC[C@H]3C)nc3nc(C(=O)NN)nc(-c4cncc(Cl)c4)c32)CC1. The molecule has 11 heteroatoms. The summed E-state index contributed by atoms with van der Waals surface area (Å²) < 4.78 is 7.92. The van der Waals surface area contributed by atoms with Gasteiger partial charge in [0, 0.05) is 31.0 Å². The molecule has 3 N–H and O–H groups in total. The molecule has 5 rings (SSSR count). The number of hydrazine groups is 1. The number of carbonyl (C=O) groups is 1. The topological polar surface area (TPSA) is 124 Å². The lowest BCUT2D eigenvalue weighted by molar-refractivity contribution is 0.0943. The zero-order chi connectivity index (χ0) is 24.5. The van der Waals surface area contributed by atoms with Gasteiger partial charge in [0.15, 0.2) is 5.65 Å². The number of anilines is 1. The number of rotatable bonds is 5. The lowest BCUT2D eigenvalue weighted by Gasteiger charge is -2.35. The first-order valence-corrected chi connectivity index (χ1v) is 12.6. The highest BCUT2D eigenvalue weighted by atomic mass is 35.5. The van der Waals surface area contributed by atoms with Crippen LogP contribution in [0.2, 0.25) is 5.02 Å². The van der Waals surface area contributed by atoms with Crippen molar-refractivity contribution in [2.45, 2.75) is 52.1 Å². The molecule has 2 aliphatic rings. The lowest BCUT2D eigenvalue weighted by Crippen LogP contribution is -2.45. The molecule has 0 spiro atoms. The number of morpholine rings is 1. The van der Waals surface area contributed by atoms with Crippen LogP contribution in [0.1, 0.15) is 50.1 Å². The van der Waals surface area contributed by atoms with Gasteiger partial charge < -0.3 is 14.2 Å². The first-order valence-electron chi connectivity index (χ1n) is 12.2. The van der Waals surface area contributed by atoms with E-state index in [0.717, 1.165) is 30.5 Å². The van der Waals surface area contributed by atoms with Gasteiger partial charge in [-0.1, -0.05) is 31.4 Å². The summed E-state index contributed by atoms with van der Waals surface area (Å²) in [5, 5.41) is 0.480. The number of imidazole rings is 1. The second kappa shape index (κ2) is 10.0. The Hall–Kier alpha value is -2.82. The number of carbonyl (C=O) groups excluding carboxylic acids is 1. The van der Waals surface area contributed by atoms with Crippen molar-refractivity contribution in [1.82, 2.24) is 29.9 Å². The van der Waals surface area contributed by atoms with Gasteiger partial charge in [-0.15, -0.1) is 0 Å². The maximum Gasteiger partial charge on any atom is 0.303 e. The van der Waals surface area contributed by atoms with Crippen LogP contribution in [-0.2, 0) is 11.3 Å². The minimum atomic E-state index is -0.583. The summed E-state index contributed by atoms with van der Waals surface area (Å²) in [7, 11) is 0. The molecule has 3 aromatic rings. The van der Waals surface area contributed by atoms with Crippen LogP contribution in [0.15, 0.2) is 18.5 Å². The molecule has 0 radical (unpaired) electrons. The Morgan fingerprint density at radius 3 is 2.71 bits per heavy atom. The zero-order valence-corrected chi connectivity index (χ0v) is 20.8. The first-order chi connectivity index (χ1) is 16.9. The Kier molecular flexibility index (Phi) is 6.86. The third kappa shape index (κ3) is 4.82. The summed E-state index contributed by atoms with van der Waals surface area (Å²) in [6.07, 6.45) is 8.04. The van der Waals surface area contributed by atoms with Crippen molar-refractivity contribution in [2.24, 2.45) is 17.7 Å². The van der Waals surface area contributed by atoms with E-state index in [1.165, 1.54) is 25.7 Å².